The number of rotatable bonds is 5. The lowest BCUT2D eigenvalue weighted by Gasteiger charge is -2.09. The van der Waals surface area contributed by atoms with Crippen molar-refractivity contribution < 1.29 is 5.11 Å². The minimum absolute atomic E-state index is 0.0974. The Morgan fingerprint density at radius 3 is 2.95 bits per heavy atom. The maximum Gasteiger partial charge on any atom is 0.134 e. The molecule has 0 aliphatic heterocycles. The molecule has 0 aliphatic rings. The minimum Gasteiger partial charge on any atom is -0.506 e. The second-order valence-corrected chi connectivity index (χ2v) is 5.88. The van der Waals surface area contributed by atoms with E-state index in [1.807, 2.05) is 12.3 Å². The molecule has 1 unspecified atom stereocenters. The van der Waals surface area contributed by atoms with Crippen molar-refractivity contribution in [1.29, 1.82) is 0 Å². The number of nitrogens with zero attached hydrogens (tertiary/aromatic N) is 1. The highest BCUT2D eigenvalue weighted by Crippen LogP contribution is 2.33. The van der Waals surface area contributed by atoms with Gasteiger partial charge in [0.2, 0.25) is 0 Å². The van der Waals surface area contributed by atoms with Gasteiger partial charge in [0.05, 0.1) is 5.02 Å². The fraction of sp³-hybridized carbons (Fsp3) is 0.357. The number of benzene rings is 1. The van der Waals surface area contributed by atoms with E-state index in [2.05, 4.69) is 24.1 Å². The lowest BCUT2D eigenvalue weighted by Crippen LogP contribution is -2.18. The van der Waals surface area contributed by atoms with Crippen molar-refractivity contribution in [2.45, 2.75) is 26.3 Å². The van der Waals surface area contributed by atoms with E-state index in [1.54, 1.807) is 23.5 Å². The van der Waals surface area contributed by atoms with Gasteiger partial charge in [-0.05, 0) is 38.1 Å². The number of phenols is 1. The van der Waals surface area contributed by atoms with Crippen molar-refractivity contribution in [3.63, 3.8) is 0 Å². The molecule has 0 amide bonds. The molecule has 2 aromatic rings. The molecule has 1 atom stereocenters. The molecule has 3 nitrogen and oxygen atoms in total. The molecular weight excluding hydrogens is 280 g/mol. The Hall–Kier alpha value is -1.10. The molecule has 1 heterocycles. The van der Waals surface area contributed by atoms with Crippen LogP contribution in [-0.2, 0) is 0 Å². The zero-order chi connectivity index (χ0) is 13.8. The normalized spacial score (nSPS) is 12.6. The molecule has 0 saturated carbocycles. The predicted molar refractivity (Wildman–Crippen MR) is 80.9 cm³/mol. The lowest BCUT2D eigenvalue weighted by molar-refractivity contribution is 0.475. The number of aromatic hydroxyl groups is 1. The van der Waals surface area contributed by atoms with Gasteiger partial charge in [-0.25, -0.2) is 4.98 Å². The van der Waals surface area contributed by atoms with Crippen LogP contribution in [0.15, 0.2) is 24.4 Å². The summed E-state index contributed by atoms with van der Waals surface area (Å²) in [4.78, 5) is 5.63. The van der Waals surface area contributed by atoms with Crippen molar-refractivity contribution in [2.75, 3.05) is 6.54 Å². The highest BCUT2D eigenvalue weighted by molar-refractivity contribution is 7.15. The van der Waals surface area contributed by atoms with Crippen LogP contribution in [0.4, 0.5) is 0 Å². The summed E-state index contributed by atoms with van der Waals surface area (Å²) in [5.41, 5.74) is 0.932. The molecule has 0 radical (unpaired) electrons. The van der Waals surface area contributed by atoms with Crippen LogP contribution in [0.25, 0.3) is 10.6 Å². The van der Waals surface area contributed by atoms with Gasteiger partial charge >= 0.3 is 0 Å². The molecule has 0 fully saturated rings. The summed E-state index contributed by atoms with van der Waals surface area (Å²) in [7, 11) is 0. The Morgan fingerprint density at radius 2 is 2.26 bits per heavy atom. The highest BCUT2D eigenvalue weighted by atomic mass is 35.5. The van der Waals surface area contributed by atoms with E-state index >= 15 is 0 Å². The third-order valence-corrected chi connectivity index (χ3v) is 4.38. The van der Waals surface area contributed by atoms with Gasteiger partial charge in [-0.1, -0.05) is 18.5 Å². The highest BCUT2D eigenvalue weighted by Gasteiger charge is 2.11. The Balaban J connectivity index is 2.18. The summed E-state index contributed by atoms with van der Waals surface area (Å²) in [6.07, 6.45) is 3.01. The molecule has 0 aliphatic carbocycles. The first-order valence-electron chi connectivity index (χ1n) is 6.29. The number of hydrogen-bond acceptors (Lipinski definition) is 4. The van der Waals surface area contributed by atoms with Crippen LogP contribution < -0.4 is 5.32 Å². The van der Waals surface area contributed by atoms with Gasteiger partial charge in [0, 0.05) is 22.7 Å². The van der Waals surface area contributed by atoms with Gasteiger partial charge in [-0.2, -0.15) is 0 Å². The largest absolute Gasteiger partial charge is 0.506 e. The molecule has 1 aromatic heterocycles. The Morgan fingerprint density at radius 1 is 1.47 bits per heavy atom. The van der Waals surface area contributed by atoms with Gasteiger partial charge in [0.25, 0.3) is 0 Å². The molecule has 19 heavy (non-hydrogen) atoms. The summed E-state index contributed by atoms with van der Waals surface area (Å²) in [5, 5.41) is 14.1. The van der Waals surface area contributed by atoms with Gasteiger partial charge in [0.1, 0.15) is 10.8 Å². The Labute approximate surface area is 122 Å². The number of hydrogen-bond donors (Lipinski definition) is 2. The number of nitrogens with one attached hydrogen (secondary N) is 1. The van der Waals surface area contributed by atoms with Crippen molar-refractivity contribution in [1.82, 2.24) is 10.3 Å². The second-order valence-electron chi connectivity index (χ2n) is 4.41. The fourth-order valence-electron chi connectivity index (χ4n) is 1.72. The van der Waals surface area contributed by atoms with E-state index in [9.17, 15) is 5.11 Å². The SMILES string of the molecule is CCCNC(C)c1cnc(-c2ccc(O)c(Cl)c2)s1. The monoisotopic (exact) mass is 296 g/mol. The summed E-state index contributed by atoms with van der Waals surface area (Å²) >= 11 is 7.56. The average Bonchev–Trinajstić information content (AvgIpc) is 2.89. The summed E-state index contributed by atoms with van der Waals surface area (Å²) in [5.74, 6) is 0.0974. The maximum atomic E-state index is 9.42. The van der Waals surface area contributed by atoms with E-state index < -0.39 is 0 Å². The average molecular weight is 297 g/mol. The molecule has 102 valence electrons. The van der Waals surface area contributed by atoms with Crippen LogP contribution >= 0.6 is 22.9 Å². The van der Waals surface area contributed by atoms with Crippen LogP contribution in [0.1, 0.15) is 31.2 Å². The smallest absolute Gasteiger partial charge is 0.134 e. The minimum atomic E-state index is 0.0974. The summed E-state index contributed by atoms with van der Waals surface area (Å²) in [6, 6.07) is 5.47. The van der Waals surface area contributed by atoms with Crippen molar-refractivity contribution in [3.05, 3.63) is 34.3 Å². The van der Waals surface area contributed by atoms with Crippen LogP contribution in [0.2, 0.25) is 5.02 Å². The zero-order valence-electron chi connectivity index (χ0n) is 11.0. The number of halogens is 1. The van der Waals surface area contributed by atoms with E-state index in [0.717, 1.165) is 23.5 Å². The van der Waals surface area contributed by atoms with Gasteiger partial charge < -0.3 is 10.4 Å². The molecule has 0 bridgehead atoms. The van der Waals surface area contributed by atoms with Gasteiger partial charge in [-0.3, -0.25) is 0 Å². The first-order valence-corrected chi connectivity index (χ1v) is 7.49. The second kappa shape index (κ2) is 6.37. The van der Waals surface area contributed by atoms with E-state index in [1.165, 1.54) is 4.88 Å². The number of thiazole rings is 1. The molecular formula is C14H17ClN2OS. The number of phenolic OH excluding ortho intramolecular Hbond substituents is 1. The first kappa shape index (κ1) is 14.3. The maximum absolute atomic E-state index is 9.42. The molecule has 5 heteroatoms. The van der Waals surface area contributed by atoms with E-state index in [-0.39, 0.29) is 5.75 Å². The Bertz CT molecular complexity index is 556. The lowest BCUT2D eigenvalue weighted by atomic mass is 10.2. The number of aromatic nitrogens is 1. The third kappa shape index (κ3) is 3.47. The van der Waals surface area contributed by atoms with Crippen molar-refractivity contribution in [3.8, 4) is 16.3 Å². The van der Waals surface area contributed by atoms with Crippen LogP contribution in [0, 0.1) is 0 Å². The van der Waals surface area contributed by atoms with Crippen molar-refractivity contribution in [2.24, 2.45) is 0 Å². The van der Waals surface area contributed by atoms with E-state index in [4.69, 9.17) is 11.6 Å². The molecule has 0 saturated heterocycles. The molecule has 2 N–H and O–H groups in total. The van der Waals surface area contributed by atoms with Crippen LogP contribution in [0.5, 0.6) is 5.75 Å². The molecule has 0 spiro atoms. The fourth-order valence-corrected chi connectivity index (χ4v) is 2.84. The summed E-state index contributed by atoms with van der Waals surface area (Å²) < 4.78 is 0. The summed E-state index contributed by atoms with van der Waals surface area (Å²) in [6.45, 7) is 5.28. The Kier molecular flexibility index (Phi) is 4.80. The molecule has 2 rings (SSSR count). The van der Waals surface area contributed by atoms with Crippen LogP contribution in [0.3, 0.4) is 0 Å². The first-order chi connectivity index (χ1) is 9.11. The third-order valence-electron chi connectivity index (χ3n) is 2.85. The van der Waals surface area contributed by atoms with E-state index in [0.29, 0.717) is 11.1 Å². The van der Waals surface area contributed by atoms with Gasteiger partial charge in [0.15, 0.2) is 0 Å². The van der Waals surface area contributed by atoms with Crippen molar-refractivity contribution >= 4 is 22.9 Å². The van der Waals surface area contributed by atoms with Gasteiger partial charge in [-0.15, -0.1) is 11.3 Å². The predicted octanol–water partition coefficient (Wildman–Crippen LogP) is 4.23. The topological polar surface area (TPSA) is 45.2 Å². The molecule has 1 aromatic carbocycles. The quantitative estimate of drug-likeness (QED) is 0.868. The zero-order valence-corrected chi connectivity index (χ0v) is 12.6. The standard InChI is InChI=1S/C14H17ClN2OS/c1-3-6-16-9(2)13-8-17-14(19-13)10-4-5-12(18)11(15)7-10/h4-5,7-9,16,18H,3,6H2,1-2H3. The van der Waals surface area contributed by atoms with Crippen LogP contribution in [-0.4, -0.2) is 16.6 Å².